The first-order chi connectivity index (χ1) is 16.4. The molecule has 2 aromatic rings. The fourth-order valence-corrected chi connectivity index (χ4v) is 7.24. The summed E-state index contributed by atoms with van der Waals surface area (Å²) in [5, 5.41) is 6.69. The van der Waals surface area contributed by atoms with Gasteiger partial charge in [-0.2, -0.15) is 0 Å². The molecule has 2 fully saturated rings. The number of sulfonamides is 1. The quantitative estimate of drug-likeness (QED) is 0.473. The number of anilines is 1. The summed E-state index contributed by atoms with van der Waals surface area (Å²) >= 11 is 1.36. The zero-order valence-electron chi connectivity index (χ0n) is 19.9. The standard InChI is InChI=1S/C24H34N4O4S2/c1-16-23(33-24(26-16)27-22(29)12-9-17-6-3-4-7-17)18-10-11-20(32-2)21(14-18)34(30,31)28-19-8-5-13-25-15-19/h10-11,14,17,19,25,28H,3-9,12-13,15H2,1-2H3,(H,26,27,29). The summed E-state index contributed by atoms with van der Waals surface area (Å²) in [5.74, 6) is 0.940. The van der Waals surface area contributed by atoms with Crippen molar-refractivity contribution in [3.8, 4) is 16.2 Å². The molecule has 1 atom stereocenters. The number of methoxy groups -OCH3 is 1. The molecule has 8 nitrogen and oxygen atoms in total. The van der Waals surface area contributed by atoms with E-state index in [1.54, 1.807) is 12.1 Å². The summed E-state index contributed by atoms with van der Waals surface area (Å²) in [4.78, 5) is 17.9. The van der Waals surface area contributed by atoms with Crippen molar-refractivity contribution < 1.29 is 17.9 Å². The SMILES string of the molecule is COc1ccc(-c2sc(NC(=O)CCC3CCCC3)nc2C)cc1S(=O)(=O)NC1CCCNC1. The number of ether oxygens (including phenoxy) is 1. The third-order valence-corrected chi connectivity index (χ3v) is 9.29. The van der Waals surface area contributed by atoms with Crippen LogP contribution < -0.4 is 20.1 Å². The Morgan fingerprint density at radius 2 is 2.03 bits per heavy atom. The first-order valence-corrected chi connectivity index (χ1v) is 14.3. The van der Waals surface area contributed by atoms with Crippen molar-refractivity contribution in [2.24, 2.45) is 5.92 Å². The molecule has 1 aliphatic carbocycles. The Morgan fingerprint density at radius 3 is 2.74 bits per heavy atom. The van der Waals surface area contributed by atoms with Gasteiger partial charge in [-0.05, 0) is 62.4 Å². The Hall–Kier alpha value is -2.01. The molecule has 0 radical (unpaired) electrons. The molecule has 1 aromatic heterocycles. The molecule has 186 valence electrons. The fourth-order valence-electron chi connectivity index (χ4n) is 4.80. The highest BCUT2D eigenvalue weighted by Crippen LogP contribution is 2.37. The highest BCUT2D eigenvalue weighted by atomic mass is 32.2. The van der Waals surface area contributed by atoms with E-state index >= 15 is 0 Å². The highest BCUT2D eigenvalue weighted by Gasteiger charge is 2.26. The van der Waals surface area contributed by atoms with Crippen LogP contribution in [0.5, 0.6) is 5.75 Å². The number of thiazole rings is 1. The molecule has 0 spiro atoms. The van der Waals surface area contributed by atoms with Crippen molar-refractivity contribution in [1.29, 1.82) is 0 Å². The zero-order chi connectivity index (χ0) is 24.1. The second-order valence-electron chi connectivity index (χ2n) is 9.20. The molecule has 1 unspecified atom stereocenters. The van der Waals surface area contributed by atoms with Gasteiger partial charge in [-0.25, -0.2) is 18.1 Å². The molecule has 1 aromatic carbocycles. The summed E-state index contributed by atoms with van der Waals surface area (Å²) in [6.45, 7) is 3.38. The normalized spacial score (nSPS) is 19.3. The summed E-state index contributed by atoms with van der Waals surface area (Å²) in [6, 6.07) is 4.97. The lowest BCUT2D eigenvalue weighted by molar-refractivity contribution is -0.116. The summed E-state index contributed by atoms with van der Waals surface area (Å²) in [5.41, 5.74) is 1.47. The lowest BCUT2D eigenvalue weighted by Crippen LogP contribution is -2.45. The minimum absolute atomic E-state index is 0.0181. The van der Waals surface area contributed by atoms with Crippen molar-refractivity contribution >= 4 is 32.4 Å². The van der Waals surface area contributed by atoms with Crippen molar-refractivity contribution in [1.82, 2.24) is 15.0 Å². The number of carbonyl (C=O) groups excluding carboxylic acids is 1. The van der Waals surface area contributed by atoms with E-state index in [2.05, 4.69) is 20.3 Å². The zero-order valence-corrected chi connectivity index (χ0v) is 21.5. The van der Waals surface area contributed by atoms with Gasteiger partial charge in [0.2, 0.25) is 15.9 Å². The third-order valence-electron chi connectivity index (χ3n) is 6.63. The van der Waals surface area contributed by atoms with E-state index in [1.165, 1.54) is 44.1 Å². The molecule has 2 aliphatic rings. The Bertz CT molecular complexity index is 1100. The van der Waals surface area contributed by atoms with E-state index in [9.17, 15) is 13.2 Å². The van der Waals surface area contributed by atoms with E-state index in [-0.39, 0.29) is 16.8 Å². The Kier molecular flexibility index (Phi) is 8.23. The molecule has 1 saturated carbocycles. The molecular weight excluding hydrogens is 472 g/mol. The topological polar surface area (TPSA) is 109 Å². The monoisotopic (exact) mass is 506 g/mol. The minimum Gasteiger partial charge on any atom is -0.495 e. The molecule has 0 bridgehead atoms. The maximum Gasteiger partial charge on any atom is 0.244 e. The predicted octanol–water partition coefficient (Wildman–Crippen LogP) is 4.07. The molecule has 10 heteroatoms. The Balaban J connectivity index is 1.50. The van der Waals surface area contributed by atoms with Crippen LogP contribution in [0.3, 0.4) is 0 Å². The van der Waals surface area contributed by atoms with Gasteiger partial charge in [-0.3, -0.25) is 4.79 Å². The largest absolute Gasteiger partial charge is 0.495 e. The van der Waals surface area contributed by atoms with Crippen LogP contribution in [-0.2, 0) is 14.8 Å². The fraction of sp³-hybridized carbons (Fsp3) is 0.583. The number of benzene rings is 1. The number of hydrogen-bond acceptors (Lipinski definition) is 7. The number of nitrogens with one attached hydrogen (secondary N) is 3. The molecule has 34 heavy (non-hydrogen) atoms. The van der Waals surface area contributed by atoms with Crippen molar-refractivity contribution in [3.05, 3.63) is 23.9 Å². The van der Waals surface area contributed by atoms with E-state index < -0.39 is 10.0 Å². The molecule has 1 aliphatic heterocycles. The number of rotatable bonds is 9. The second kappa shape index (κ2) is 11.2. The summed E-state index contributed by atoms with van der Waals surface area (Å²) in [6.07, 6.45) is 8.15. The van der Waals surface area contributed by atoms with Gasteiger partial charge in [0.05, 0.1) is 17.7 Å². The smallest absolute Gasteiger partial charge is 0.244 e. The van der Waals surface area contributed by atoms with Gasteiger partial charge in [0, 0.05) is 19.0 Å². The molecule has 3 N–H and O–H groups in total. The Labute approximate surface area is 205 Å². The van der Waals surface area contributed by atoms with E-state index in [1.807, 2.05) is 13.0 Å². The number of carbonyl (C=O) groups is 1. The number of piperidine rings is 1. The molecule has 1 amide bonds. The van der Waals surface area contributed by atoms with Crippen molar-refractivity contribution in [2.45, 2.75) is 69.2 Å². The lowest BCUT2D eigenvalue weighted by Gasteiger charge is -2.24. The Morgan fingerprint density at radius 1 is 1.24 bits per heavy atom. The number of aryl methyl sites for hydroxylation is 1. The van der Waals surface area contributed by atoms with Crippen LogP contribution in [0, 0.1) is 12.8 Å². The number of hydrogen-bond donors (Lipinski definition) is 3. The maximum absolute atomic E-state index is 13.2. The average molecular weight is 507 g/mol. The van der Waals surface area contributed by atoms with Crippen molar-refractivity contribution in [2.75, 3.05) is 25.5 Å². The average Bonchev–Trinajstić information content (AvgIpc) is 3.47. The van der Waals surface area contributed by atoms with Gasteiger partial charge in [0.15, 0.2) is 5.13 Å². The third kappa shape index (κ3) is 6.16. The van der Waals surface area contributed by atoms with E-state index in [0.29, 0.717) is 29.8 Å². The van der Waals surface area contributed by atoms with Crippen LogP contribution >= 0.6 is 11.3 Å². The van der Waals surface area contributed by atoms with Gasteiger partial charge >= 0.3 is 0 Å². The number of aromatic nitrogens is 1. The van der Waals surface area contributed by atoms with Crippen LogP contribution in [-0.4, -0.2) is 45.6 Å². The first kappa shape index (κ1) is 25.1. The van der Waals surface area contributed by atoms with Gasteiger partial charge < -0.3 is 15.4 Å². The molecule has 4 rings (SSSR count). The predicted molar refractivity (Wildman–Crippen MR) is 135 cm³/mol. The molecular formula is C24H34N4O4S2. The van der Waals surface area contributed by atoms with Gasteiger partial charge in [0.1, 0.15) is 10.6 Å². The highest BCUT2D eigenvalue weighted by molar-refractivity contribution is 7.89. The van der Waals surface area contributed by atoms with E-state index in [4.69, 9.17) is 4.74 Å². The lowest BCUT2D eigenvalue weighted by atomic mass is 10.0. The number of nitrogens with zero attached hydrogens (tertiary/aromatic N) is 1. The summed E-state index contributed by atoms with van der Waals surface area (Å²) < 4.78 is 34.6. The van der Waals surface area contributed by atoms with Gasteiger partial charge in [0.25, 0.3) is 0 Å². The van der Waals surface area contributed by atoms with Crippen LogP contribution in [0.25, 0.3) is 10.4 Å². The van der Waals surface area contributed by atoms with Gasteiger partial charge in [-0.15, -0.1) is 0 Å². The maximum atomic E-state index is 13.2. The van der Waals surface area contributed by atoms with E-state index in [0.717, 1.165) is 41.9 Å². The van der Waals surface area contributed by atoms with Crippen LogP contribution in [0.1, 0.15) is 57.1 Å². The van der Waals surface area contributed by atoms with Crippen LogP contribution in [0.4, 0.5) is 5.13 Å². The first-order valence-electron chi connectivity index (χ1n) is 12.0. The van der Waals surface area contributed by atoms with Crippen LogP contribution in [0.15, 0.2) is 23.1 Å². The summed E-state index contributed by atoms with van der Waals surface area (Å²) in [7, 11) is -2.31. The number of amides is 1. The molecule has 1 saturated heterocycles. The second-order valence-corrected chi connectivity index (χ2v) is 11.9. The van der Waals surface area contributed by atoms with Gasteiger partial charge in [-0.1, -0.05) is 37.0 Å². The van der Waals surface area contributed by atoms with Crippen LogP contribution in [0.2, 0.25) is 0 Å². The molecule has 2 heterocycles. The minimum atomic E-state index is -3.77. The van der Waals surface area contributed by atoms with Crippen molar-refractivity contribution in [3.63, 3.8) is 0 Å².